The van der Waals surface area contributed by atoms with Crippen LogP contribution in [-0.2, 0) is 0 Å². The summed E-state index contributed by atoms with van der Waals surface area (Å²) in [6.07, 6.45) is 6.58. The first-order chi connectivity index (χ1) is 17.8. The van der Waals surface area contributed by atoms with Crippen molar-refractivity contribution in [3.63, 3.8) is 0 Å². The zero-order valence-corrected chi connectivity index (χ0v) is 21.9. The van der Waals surface area contributed by atoms with Gasteiger partial charge in [0.25, 0.3) is 0 Å². The molecule has 3 aromatic carbocycles. The summed E-state index contributed by atoms with van der Waals surface area (Å²) in [4.78, 5) is 12.6. The minimum Gasteiger partial charge on any atom is -0.504 e. The molecule has 0 aromatic heterocycles. The molecule has 0 unspecified atom stereocenters. The van der Waals surface area contributed by atoms with Crippen LogP contribution in [0.2, 0.25) is 5.02 Å². The Hall–Kier alpha value is -4.30. The summed E-state index contributed by atoms with van der Waals surface area (Å²) < 4.78 is 26.6. The molecule has 0 atom stereocenters. The number of ketones is 1. The van der Waals surface area contributed by atoms with E-state index in [1.807, 2.05) is 24.3 Å². The number of ether oxygens (including phenoxy) is 5. The fraction of sp³-hybridized carbons (Fsp3) is 0.179. The number of nitrogens with one attached hydrogen (secondary N) is 1. The van der Waals surface area contributed by atoms with Crippen molar-refractivity contribution in [3.05, 3.63) is 76.5 Å². The summed E-state index contributed by atoms with van der Waals surface area (Å²) in [5.41, 5.74) is 2.50. The molecule has 0 aliphatic heterocycles. The molecule has 2 N–H and O–H groups in total. The molecule has 0 amide bonds. The molecule has 3 rings (SSSR count). The van der Waals surface area contributed by atoms with Crippen LogP contribution in [0.15, 0.2) is 54.7 Å². The molecule has 0 spiro atoms. The first kappa shape index (κ1) is 27.3. The lowest BCUT2D eigenvalue weighted by Crippen LogP contribution is -1.98. The zero-order chi connectivity index (χ0) is 26.9. The van der Waals surface area contributed by atoms with Crippen molar-refractivity contribution in [2.75, 3.05) is 40.9 Å². The molecule has 0 radical (unpaired) electrons. The third-order valence-corrected chi connectivity index (χ3v) is 5.70. The van der Waals surface area contributed by atoms with Crippen molar-refractivity contribution in [2.24, 2.45) is 0 Å². The molecule has 8 nitrogen and oxygen atoms in total. The quantitative estimate of drug-likeness (QED) is 0.177. The summed E-state index contributed by atoms with van der Waals surface area (Å²) >= 11 is 6.37. The maximum absolute atomic E-state index is 12.6. The average Bonchev–Trinajstić information content (AvgIpc) is 2.91. The highest BCUT2D eigenvalue weighted by Gasteiger charge is 2.13. The van der Waals surface area contributed by atoms with Crippen LogP contribution in [0.4, 0.5) is 5.69 Å². The Kier molecular flexibility index (Phi) is 9.29. The molecule has 0 aliphatic carbocycles. The van der Waals surface area contributed by atoms with E-state index in [4.69, 9.17) is 35.3 Å². The van der Waals surface area contributed by atoms with Gasteiger partial charge >= 0.3 is 0 Å². The second-order valence-electron chi connectivity index (χ2n) is 7.59. The van der Waals surface area contributed by atoms with Gasteiger partial charge in [0.15, 0.2) is 28.8 Å². The molecule has 194 valence electrons. The highest BCUT2D eigenvalue weighted by Crippen LogP contribution is 2.39. The number of carbonyl (C=O) groups is 1. The Morgan fingerprint density at radius 1 is 0.811 bits per heavy atom. The number of aromatic hydroxyl groups is 1. The van der Waals surface area contributed by atoms with Gasteiger partial charge in [0.1, 0.15) is 5.75 Å². The number of allylic oxidation sites excluding steroid dienone is 1. The summed E-state index contributed by atoms with van der Waals surface area (Å²) in [7, 11) is 7.61. The van der Waals surface area contributed by atoms with Gasteiger partial charge in [-0.3, -0.25) is 4.79 Å². The smallest absolute Gasteiger partial charge is 0.203 e. The Balaban J connectivity index is 1.89. The third-order valence-electron chi connectivity index (χ3n) is 5.40. The lowest BCUT2D eigenvalue weighted by atomic mass is 10.1. The number of phenolic OH excluding ortho intramolecular Hbond substituents is 1. The minimum atomic E-state index is -0.305. The molecule has 0 aliphatic rings. The molecule has 0 saturated heterocycles. The number of halogens is 1. The predicted molar refractivity (Wildman–Crippen MR) is 145 cm³/mol. The van der Waals surface area contributed by atoms with Gasteiger partial charge in [-0.2, -0.15) is 0 Å². The number of anilines is 1. The first-order valence-electron chi connectivity index (χ1n) is 11.0. The van der Waals surface area contributed by atoms with E-state index in [9.17, 15) is 9.90 Å². The molecule has 0 heterocycles. The van der Waals surface area contributed by atoms with E-state index < -0.39 is 0 Å². The van der Waals surface area contributed by atoms with Crippen molar-refractivity contribution in [1.29, 1.82) is 0 Å². The largest absolute Gasteiger partial charge is 0.504 e. The number of phenols is 1. The van der Waals surface area contributed by atoms with E-state index in [1.165, 1.54) is 38.6 Å². The van der Waals surface area contributed by atoms with Gasteiger partial charge in [-0.1, -0.05) is 23.8 Å². The first-order valence-corrected chi connectivity index (χ1v) is 11.4. The van der Waals surface area contributed by atoms with Crippen LogP contribution in [0.5, 0.6) is 34.5 Å². The lowest BCUT2D eigenvalue weighted by Gasteiger charge is -2.13. The van der Waals surface area contributed by atoms with Crippen molar-refractivity contribution in [3.8, 4) is 34.5 Å². The Labute approximate surface area is 220 Å². The Bertz CT molecular complexity index is 1310. The fourth-order valence-electron chi connectivity index (χ4n) is 3.52. The van der Waals surface area contributed by atoms with E-state index in [2.05, 4.69) is 5.32 Å². The minimum absolute atomic E-state index is 0.114. The SMILES string of the molecule is COc1ccc(C(=O)/C=C\Nc2cc(OC)c(Cl)cc2/C=C\c2cc(OC)c(OC)c(OC)c2)cc1O. The molecular weight excluding hydrogens is 498 g/mol. The number of methoxy groups -OCH3 is 5. The molecule has 0 saturated carbocycles. The van der Waals surface area contributed by atoms with E-state index in [0.717, 1.165) is 11.1 Å². The zero-order valence-electron chi connectivity index (χ0n) is 21.1. The summed E-state index contributed by atoms with van der Waals surface area (Å²) in [5, 5.41) is 13.5. The highest BCUT2D eigenvalue weighted by molar-refractivity contribution is 6.32. The second-order valence-corrected chi connectivity index (χ2v) is 8.00. The van der Waals surface area contributed by atoms with E-state index in [0.29, 0.717) is 39.3 Å². The van der Waals surface area contributed by atoms with Gasteiger partial charge < -0.3 is 34.1 Å². The number of hydrogen-bond acceptors (Lipinski definition) is 8. The summed E-state index contributed by atoms with van der Waals surface area (Å²) in [6, 6.07) is 11.6. The molecule has 9 heteroatoms. The molecule has 0 bridgehead atoms. The molecule has 37 heavy (non-hydrogen) atoms. The van der Waals surface area contributed by atoms with Crippen LogP contribution in [0.25, 0.3) is 12.2 Å². The topological polar surface area (TPSA) is 95.5 Å². The predicted octanol–water partition coefficient (Wildman–Crippen LogP) is 6.07. The van der Waals surface area contributed by atoms with Gasteiger partial charge in [-0.05, 0) is 47.5 Å². The van der Waals surface area contributed by atoms with Crippen LogP contribution < -0.4 is 29.0 Å². The standard InChI is InChI=1S/C28H28ClNO7/c1-33-24-9-8-19(15-23(24)32)22(31)10-11-30-21-16-25(34-2)20(29)14-18(21)7-6-17-12-26(35-3)28(37-5)27(13-17)36-4/h6-16,30,32H,1-5H3/b7-6-,11-10-. The van der Waals surface area contributed by atoms with Gasteiger partial charge in [0.05, 0.1) is 40.6 Å². The Morgan fingerprint density at radius 2 is 1.46 bits per heavy atom. The van der Waals surface area contributed by atoms with Crippen molar-refractivity contribution < 1.29 is 33.6 Å². The van der Waals surface area contributed by atoms with Gasteiger partial charge in [-0.25, -0.2) is 0 Å². The van der Waals surface area contributed by atoms with E-state index in [-0.39, 0.29) is 17.3 Å². The monoisotopic (exact) mass is 525 g/mol. The van der Waals surface area contributed by atoms with Gasteiger partial charge in [0, 0.05) is 29.6 Å². The van der Waals surface area contributed by atoms with Gasteiger partial charge in [0.2, 0.25) is 5.75 Å². The van der Waals surface area contributed by atoms with E-state index in [1.54, 1.807) is 39.5 Å². The van der Waals surface area contributed by atoms with E-state index >= 15 is 0 Å². The Morgan fingerprint density at radius 3 is 2.03 bits per heavy atom. The number of benzene rings is 3. The van der Waals surface area contributed by atoms with Crippen LogP contribution >= 0.6 is 11.6 Å². The molecular formula is C28H28ClNO7. The van der Waals surface area contributed by atoms with Crippen LogP contribution in [-0.4, -0.2) is 46.4 Å². The molecule has 3 aromatic rings. The fourth-order valence-corrected chi connectivity index (χ4v) is 3.77. The lowest BCUT2D eigenvalue weighted by molar-refractivity contribution is 0.104. The molecule has 0 fully saturated rings. The maximum Gasteiger partial charge on any atom is 0.203 e. The summed E-state index contributed by atoms with van der Waals surface area (Å²) in [5.74, 6) is 1.89. The summed E-state index contributed by atoms with van der Waals surface area (Å²) in [6.45, 7) is 0. The number of hydrogen-bond donors (Lipinski definition) is 2. The third kappa shape index (κ3) is 6.48. The highest BCUT2D eigenvalue weighted by atomic mass is 35.5. The maximum atomic E-state index is 12.6. The average molecular weight is 526 g/mol. The van der Waals surface area contributed by atoms with Crippen molar-refractivity contribution in [1.82, 2.24) is 0 Å². The van der Waals surface area contributed by atoms with Gasteiger partial charge in [-0.15, -0.1) is 0 Å². The number of carbonyl (C=O) groups excluding carboxylic acids is 1. The second kappa shape index (κ2) is 12.6. The van der Waals surface area contributed by atoms with Crippen molar-refractivity contribution >= 4 is 35.2 Å². The number of rotatable bonds is 11. The van der Waals surface area contributed by atoms with Crippen molar-refractivity contribution in [2.45, 2.75) is 0 Å². The van der Waals surface area contributed by atoms with Crippen LogP contribution in [0, 0.1) is 0 Å². The van der Waals surface area contributed by atoms with Crippen LogP contribution in [0.1, 0.15) is 21.5 Å². The van der Waals surface area contributed by atoms with Crippen LogP contribution in [0.3, 0.4) is 0 Å². The normalized spacial score (nSPS) is 11.0.